The summed E-state index contributed by atoms with van der Waals surface area (Å²) in [6.45, 7) is 22.8. The summed E-state index contributed by atoms with van der Waals surface area (Å²) in [7, 11) is 1.61. The average molecular weight is 1160 g/mol. The molecule has 3 aliphatic heterocycles. The topological polar surface area (TPSA) is 230 Å². The van der Waals surface area contributed by atoms with Gasteiger partial charge in [-0.15, -0.1) is 5.10 Å². The number of anilines is 1. The van der Waals surface area contributed by atoms with Crippen LogP contribution < -0.4 is 26.0 Å². The highest BCUT2D eigenvalue weighted by Gasteiger charge is 2.40. The second-order valence-corrected chi connectivity index (χ2v) is 22.9. The number of ether oxygens (including phenoxy) is 2. The van der Waals surface area contributed by atoms with E-state index in [2.05, 4.69) is 59.3 Å². The SMILES string of the molecule is C=C(C)/C(=C\C=C/C)c1ccc([C@H](CO)NC=O)cc1.CCC.CO[C@@H](C)COc1nc(N2C[C@@H]3C[C@H]2CN3)c2cc(C3CC3)c(/C=C(C=N)/C(N)=C\C(F)=C\CCc3ccc(-c4cn(C(C(=O)N5CCC[C@H]5C)C(C)C)nn4)cc3)c(O)c2n1. The van der Waals surface area contributed by atoms with Gasteiger partial charge in [0.05, 0.1) is 24.9 Å². The molecule has 3 aromatic carbocycles. The Bertz CT molecular complexity index is 3250. The van der Waals surface area contributed by atoms with Gasteiger partial charge in [0.25, 0.3) is 0 Å². The molecule has 2 bridgehead atoms. The van der Waals surface area contributed by atoms with Crippen LogP contribution in [0.3, 0.4) is 0 Å². The van der Waals surface area contributed by atoms with Crippen LogP contribution in [0.2, 0.25) is 0 Å². The highest BCUT2D eigenvalue weighted by Crippen LogP contribution is 2.48. The Morgan fingerprint density at radius 1 is 1.08 bits per heavy atom. The number of nitrogens with one attached hydrogen (secondary N) is 3. The molecule has 4 aliphatic rings. The zero-order chi connectivity index (χ0) is 61.3. The molecule has 1 saturated carbocycles. The van der Waals surface area contributed by atoms with Crippen LogP contribution in [0, 0.1) is 11.3 Å². The Morgan fingerprint density at radius 2 is 1.81 bits per heavy atom. The predicted molar refractivity (Wildman–Crippen MR) is 338 cm³/mol. The fourth-order valence-corrected chi connectivity index (χ4v) is 11.0. The number of aromatic nitrogens is 5. The molecule has 9 rings (SSSR count). The van der Waals surface area contributed by atoms with Gasteiger partial charge in [0.2, 0.25) is 12.3 Å². The molecule has 6 atom stereocenters. The first-order chi connectivity index (χ1) is 41.0. The minimum atomic E-state index is -0.523. The molecule has 0 radical (unpaired) electrons. The third-order valence-corrected chi connectivity index (χ3v) is 15.8. The largest absolute Gasteiger partial charge is 0.505 e. The van der Waals surface area contributed by atoms with E-state index in [0.29, 0.717) is 42.1 Å². The summed E-state index contributed by atoms with van der Waals surface area (Å²) in [5.74, 6) is 0.511. The number of aliphatic hydroxyl groups is 1. The summed E-state index contributed by atoms with van der Waals surface area (Å²) in [6.07, 6.45) is 20.9. The monoisotopic (exact) mass is 1160 g/mol. The normalized spacial score (nSPS) is 19.1. The van der Waals surface area contributed by atoms with Gasteiger partial charge in [0.1, 0.15) is 41.3 Å². The molecular formula is C67H88FN11O6. The summed E-state index contributed by atoms with van der Waals surface area (Å²) >= 11 is 0. The lowest BCUT2D eigenvalue weighted by atomic mass is 9.96. The van der Waals surface area contributed by atoms with Crippen LogP contribution in [0.25, 0.3) is 33.8 Å². The zero-order valence-corrected chi connectivity index (χ0v) is 51.0. The lowest BCUT2D eigenvalue weighted by molar-refractivity contribution is -0.137. The fourth-order valence-electron chi connectivity index (χ4n) is 11.0. The average Bonchev–Trinajstić information content (AvgIpc) is 1.96. The van der Waals surface area contributed by atoms with Crippen molar-refractivity contribution in [2.24, 2.45) is 11.7 Å². The summed E-state index contributed by atoms with van der Waals surface area (Å²) < 4.78 is 28.5. The molecule has 4 fully saturated rings. The van der Waals surface area contributed by atoms with Crippen LogP contribution in [0.1, 0.15) is 146 Å². The number of amides is 2. The van der Waals surface area contributed by atoms with Crippen LogP contribution in [0.4, 0.5) is 10.2 Å². The molecule has 5 aromatic rings. The molecular weight excluding hydrogens is 1070 g/mol. The van der Waals surface area contributed by atoms with E-state index in [4.69, 9.17) is 30.6 Å². The van der Waals surface area contributed by atoms with E-state index in [1.807, 2.05) is 112 Å². The number of aryl methyl sites for hydroxylation is 1. The van der Waals surface area contributed by atoms with Gasteiger partial charge in [-0.25, -0.2) is 9.07 Å². The Balaban J connectivity index is 0.000000379. The summed E-state index contributed by atoms with van der Waals surface area (Å²) in [5, 5.41) is 45.1. The van der Waals surface area contributed by atoms with E-state index in [1.54, 1.807) is 17.9 Å². The maximum Gasteiger partial charge on any atom is 0.319 e. The second-order valence-electron chi connectivity index (χ2n) is 22.9. The highest BCUT2D eigenvalue weighted by molar-refractivity contribution is 6.00. The van der Waals surface area contributed by atoms with E-state index in [1.165, 1.54) is 18.6 Å². The van der Waals surface area contributed by atoms with Crippen molar-refractivity contribution in [2.75, 3.05) is 44.9 Å². The van der Waals surface area contributed by atoms with Crippen molar-refractivity contribution in [1.29, 1.82) is 5.41 Å². The van der Waals surface area contributed by atoms with E-state index >= 15 is 4.39 Å². The Morgan fingerprint density at radius 3 is 2.39 bits per heavy atom. The van der Waals surface area contributed by atoms with Crippen molar-refractivity contribution < 1.29 is 33.7 Å². The molecule has 18 heteroatoms. The van der Waals surface area contributed by atoms with Crippen molar-refractivity contribution in [3.8, 4) is 23.0 Å². The number of piperazine rings is 1. The number of methoxy groups -OCH3 is 1. The van der Waals surface area contributed by atoms with Crippen molar-refractivity contribution in [2.45, 2.75) is 149 Å². The minimum Gasteiger partial charge on any atom is -0.505 e. The van der Waals surface area contributed by atoms with E-state index in [0.717, 1.165) is 108 Å². The summed E-state index contributed by atoms with van der Waals surface area (Å²) in [4.78, 5) is 37.8. The highest BCUT2D eigenvalue weighted by atomic mass is 19.1. The minimum absolute atomic E-state index is 0.0546. The number of rotatable bonds is 24. The standard InChI is InChI=1S/C47H59FN10O4.C17H21NO2.C3H8/c1-27(2)43(46(60)56-17-7-8-28(56)3)58-25-41(54-55-58)32-13-11-30(12-14-32)9-6-10-34(48)19-40(50)33(22-49)18-38-37(31-15-16-31)21-39-42(44(38)59)52-47(62-26-29(4)61-5)53-45(39)57-24-35-20-36(57)23-51-35;1-4-5-6-16(13(2)3)14-7-9-15(10-8-14)17(11-19)18-12-20;1-3-2/h10-14,18-19,21-22,25,27-29,31,35-36,43,49,51,59H,6-9,15-17,20,23-24,26,50H2,1-5H3;4-10,12,17,19H,2,11H2,1,3H3,(H,18,20);3H2,1-2H3/b33-18+,34-10-,40-19+,49-22?;5-4-,16-6+;/t28-,29+,35+,36+,43?;17-;/m10./s1. The number of phenolic OH excluding ortho intramolecular Hbond substituents is 1. The van der Waals surface area contributed by atoms with Gasteiger partial charge in [0, 0.05) is 78.9 Å². The lowest BCUT2D eigenvalue weighted by Crippen LogP contribution is -2.44. The smallest absolute Gasteiger partial charge is 0.319 e. The first kappa shape index (κ1) is 64.8. The number of phenols is 1. The van der Waals surface area contributed by atoms with Crippen molar-refractivity contribution in [1.82, 2.24) is 40.5 Å². The van der Waals surface area contributed by atoms with Crippen LogP contribution in [0.15, 0.2) is 120 Å². The first-order valence-electron chi connectivity index (χ1n) is 30.0. The summed E-state index contributed by atoms with van der Waals surface area (Å²) in [6, 6.07) is 17.9. The number of nitrogens with zero attached hydrogens (tertiary/aromatic N) is 7. The van der Waals surface area contributed by atoms with Gasteiger partial charge in [0.15, 0.2) is 0 Å². The number of halogens is 1. The number of hydrogen-bond donors (Lipinski definition) is 6. The molecule has 2 aromatic heterocycles. The molecule has 2 amide bonds. The van der Waals surface area contributed by atoms with Crippen LogP contribution in [-0.2, 0) is 20.7 Å². The van der Waals surface area contributed by atoms with Gasteiger partial charge in [-0.2, -0.15) is 9.97 Å². The number of carbonyl (C=O) groups excluding carboxylic acids is 2. The molecule has 0 spiro atoms. The van der Waals surface area contributed by atoms with Crippen LogP contribution in [-0.4, -0.2) is 123 Å². The number of aromatic hydroxyl groups is 1. The lowest BCUT2D eigenvalue weighted by Gasteiger charge is -2.30. The Hall–Kier alpha value is -7.80. The van der Waals surface area contributed by atoms with Gasteiger partial charge < -0.3 is 51.3 Å². The maximum atomic E-state index is 15.4. The third kappa shape index (κ3) is 16.6. The number of fused-ring (bicyclic) bond motifs is 3. The second kappa shape index (κ2) is 30.8. The predicted octanol–water partition coefficient (Wildman–Crippen LogP) is 11.4. The number of benzene rings is 3. The first-order valence-corrected chi connectivity index (χ1v) is 30.0. The molecule has 3 saturated heterocycles. The van der Waals surface area contributed by atoms with Gasteiger partial charge >= 0.3 is 6.01 Å². The zero-order valence-electron chi connectivity index (χ0n) is 51.0. The van der Waals surface area contributed by atoms with E-state index < -0.39 is 11.9 Å². The number of allylic oxidation sites excluding steroid dienone is 9. The number of aliphatic hydroxyl groups excluding tert-OH is 1. The van der Waals surface area contributed by atoms with Gasteiger partial charge in [-0.1, -0.05) is 118 Å². The Labute approximate surface area is 501 Å². The number of carbonyl (C=O) groups is 2. The van der Waals surface area contributed by atoms with Crippen molar-refractivity contribution in [3.05, 3.63) is 148 Å². The number of nitrogens with two attached hydrogens (primary N) is 1. The molecule has 17 nitrogen and oxygen atoms in total. The quantitative estimate of drug-likeness (QED) is 0.0192. The fraction of sp³-hybridized carbons (Fsp3) is 0.448. The van der Waals surface area contributed by atoms with Crippen LogP contribution >= 0.6 is 0 Å². The van der Waals surface area contributed by atoms with E-state index in [9.17, 15) is 19.8 Å². The molecule has 85 heavy (non-hydrogen) atoms. The van der Waals surface area contributed by atoms with E-state index in [-0.39, 0.29) is 78.2 Å². The Kier molecular flexibility index (Phi) is 23.5. The number of likely N-dealkylation sites (tertiary alicyclic amines) is 1. The summed E-state index contributed by atoms with van der Waals surface area (Å²) in [5.41, 5.74) is 15.1. The molecule has 5 heterocycles. The van der Waals surface area contributed by atoms with Crippen LogP contribution in [0.5, 0.6) is 11.8 Å². The number of hydrogen-bond acceptors (Lipinski definition) is 14. The van der Waals surface area contributed by atoms with Gasteiger partial charge in [-0.3, -0.25) is 9.59 Å². The third-order valence-electron chi connectivity index (χ3n) is 15.8. The molecule has 454 valence electrons. The van der Waals surface area contributed by atoms with Crippen molar-refractivity contribution >= 4 is 46.9 Å². The molecule has 1 aliphatic carbocycles. The van der Waals surface area contributed by atoms with Gasteiger partial charge in [-0.05, 0) is 137 Å². The molecule has 7 N–H and O–H groups in total. The van der Waals surface area contributed by atoms with Crippen molar-refractivity contribution in [3.63, 3.8) is 0 Å². The maximum absolute atomic E-state index is 15.4. The molecule has 1 unspecified atom stereocenters.